The second-order valence-electron chi connectivity index (χ2n) is 6.78. The summed E-state index contributed by atoms with van der Waals surface area (Å²) < 4.78 is 0. The number of hydrogen-bond donors (Lipinski definition) is 2. The van der Waals surface area contributed by atoms with Crippen molar-refractivity contribution in [2.45, 2.75) is 25.3 Å². The van der Waals surface area contributed by atoms with Gasteiger partial charge in [-0.05, 0) is 24.5 Å². The van der Waals surface area contributed by atoms with E-state index in [9.17, 15) is 4.79 Å². The van der Waals surface area contributed by atoms with Crippen LogP contribution in [0.4, 0.5) is 0 Å². The lowest BCUT2D eigenvalue weighted by molar-refractivity contribution is -0.130. The Morgan fingerprint density at radius 2 is 1.78 bits per heavy atom. The van der Waals surface area contributed by atoms with Gasteiger partial charge in [-0.2, -0.15) is 5.10 Å². The summed E-state index contributed by atoms with van der Waals surface area (Å²) in [5, 5.41) is 7.46. The first kappa shape index (κ1) is 18.9. The number of carbonyl (C=O) groups is 1. The van der Waals surface area contributed by atoms with E-state index in [1.54, 1.807) is 4.90 Å². The number of nitrogens with zero attached hydrogens (tertiary/aromatic N) is 2. The van der Waals surface area contributed by atoms with E-state index in [0.29, 0.717) is 13.0 Å². The third-order valence-corrected chi connectivity index (χ3v) is 4.69. The Balaban J connectivity index is 1.45. The molecule has 2 aromatic carbocycles. The van der Waals surface area contributed by atoms with Crippen molar-refractivity contribution in [3.8, 4) is 11.3 Å². The van der Waals surface area contributed by atoms with Gasteiger partial charge in [0.25, 0.3) is 0 Å². The molecule has 27 heavy (non-hydrogen) atoms. The molecule has 0 saturated heterocycles. The first-order valence-corrected chi connectivity index (χ1v) is 9.27. The van der Waals surface area contributed by atoms with E-state index < -0.39 is 0 Å². The van der Waals surface area contributed by atoms with Crippen molar-refractivity contribution in [1.82, 2.24) is 15.1 Å². The molecule has 140 valence electrons. The van der Waals surface area contributed by atoms with E-state index in [1.807, 2.05) is 67.7 Å². The van der Waals surface area contributed by atoms with Gasteiger partial charge in [-0.25, -0.2) is 0 Å². The van der Waals surface area contributed by atoms with Crippen molar-refractivity contribution < 1.29 is 4.79 Å². The van der Waals surface area contributed by atoms with Gasteiger partial charge in [0.2, 0.25) is 5.91 Å². The van der Waals surface area contributed by atoms with Crippen molar-refractivity contribution in [2.75, 3.05) is 13.6 Å². The average molecular weight is 362 g/mol. The Morgan fingerprint density at radius 3 is 2.48 bits per heavy atom. The summed E-state index contributed by atoms with van der Waals surface area (Å²) in [5.41, 5.74) is 10.3. The molecule has 0 aliphatic rings. The Morgan fingerprint density at radius 1 is 1.11 bits per heavy atom. The van der Waals surface area contributed by atoms with Gasteiger partial charge in [0, 0.05) is 37.3 Å². The fourth-order valence-electron chi connectivity index (χ4n) is 3.04. The molecule has 0 aliphatic heterocycles. The Kier molecular flexibility index (Phi) is 6.39. The number of amides is 1. The number of aryl methyl sites for hydroxylation is 1. The van der Waals surface area contributed by atoms with Crippen LogP contribution in [0.1, 0.15) is 30.1 Å². The van der Waals surface area contributed by atoms with Gasteiger partial charge in [-0.1, -0.05) is 60.7 Å². The fraction of sp³-hybridized carbons (Fsp3) is 0.273. The predicted octanol–water partition coefficient (Wildman–Crippen LogP) is 3.56. The smallest absolute Gasteiger partial charge is 0.224 e. The van der Waals surface area contributed by atoms with Gasteiger partial charge in [-0.15, -0.1) is 0 Å². The monoisotopic (exact) mass is 362 g/mol. The predicted molar refractivity (Wildman–Crippen MR) is 108 cm³/mol. The number of hydrogen-bond acceptors (Lipinski definition) is 3. The third kappa shape index (κ3) is 5.28. The highest BCUT2D eigenvalue weighted by molar-refractivity contribution is 5.76. The van der Waals surface area contributed by atoms with Gasteiger partial charge in [0.1, 0.15) is 0 Å². The number of carbonyl (C=O) groups excluding carboxylic acids is 1. The minimum absolute atomic E-state index is 0.0703. The second kappa shape index (κ2) is 9.14. The molecule has 0 aliphatic carbocycles. The molecule has 0 saturated carbocycles. The van der Waals surface area contributed by atoms with E-state index >= 15 is 0 Å². The highest BCUT2D eigenvalue weighted by atomic mass is 16.2. The molecule has 1 aromatic heterocycles. The van der Waals surface area contributed by atoms with Crippen LogP contribution in [0.2, 0.25) is 0 Å². The zero-order valence-electron chi connectivity index (χ0n) is 15.6. The number of benzene rings is 2. The van der Waals surface area contributed by atoms with Crippen molar-refractivity contribution >= 4 is 5.91 Å². The number of nitrogens with one attached hydrogen (secondary N) is 1. The number of H-pyrrole nitrogens is 1. The molecule has 1 atom stereocenters. The van der Waals surface area contributed by atoms with Crippen LogP contribution in [-0.4, -0.2) is 34.6 Å². The Labute approximate surface area is 160 Å². The van der Waals surface area contributed by atoms with Crippen molar-refractivity contribution in [3.63, 3.8) is 0 Å². The summed E-state index contributed by atoms with van der Waals surface area (Å²) in [7, 11) is 1.84. The normalized spacial score (nSPS) is 11.9. The molecule has 1 amide bonds. The fourth-order valence-corrected chi connectivity index (χ4v) is 3.04. The van der Waals surface area contributed by atoms with Gasteiger partial charge in [-0.3, -0.25) is 9.89 Å². The van der Waals surface area contributed by atoms with Crippen LogP contribution in [0.3, 0.4) is 0 Å². The SMILES string of the molecule is CN(CCCc1cc(-c2ccccc2)n[nH]1)C(=O)CC(N)c1ccccc1. The van der Waals surface area contributed by atoms with Crippen LogP contribution in [-0.2, 0) is 11.2 Å². The molecule has 0 spiro atoms. The lowest BCUT2D eigenvalue weighted by Crippen LogP contribution is -2.31. The quantitative estimate of drug-likeness (QED) is 0.643. The van der Waals surface area contributed by atoms with E-state index in [0.717, 1.165) is 35.4 Å². The van der Waals surface area contributed by atoms with Gasteiger partial charge in [0.15, 0.2) is 0 Å². The summed E-state index contributed by atoms with van der Waals surface area (Å²) in [4.78, 5) is 14.1. The molecule has 3 N–H and O–H groups in total. The Bertz CT molecular complexity index is 845. The number of nitrogens with two attached hydrogens (primary N) is 1. The largest absolute Gasteiger partial charge is 0.346 e. The summed E-state index contributed by atoms with van der Waals surface area (Å²) in [6.45, 7) is 0.694. The summed E-state index contributed by atoms with van der Waals surface area (Å²) >= 11 is 0. The highest BCUT2D eigenvalue weighted by Crippen LogP contribution is 2.18. The molecular formula is C22H26N4O. The average Bonchev–Trinajstić information content (AvgIpc) is 3.18. The minimum atomic E-state index is -0.262. The van der Waals surface area contributed by atoms with E-state index in [-0.39, 0.29) is 11.9 Å². The molecule has 0 bridgehead atoms. The van der Waals surface area contributed by atoms with E-state index in [1.165, 1.54) is 0 Å². The molecule has 1 unspecified atom stereocenters. The van der Waals surface area contributed by atoms with E-state index in [2.05, 4.69) is 16.3 Å². The van der Waals surface area contributed by atoms with Crippen LogP contribution < -0.4 is 5.73 Å². The number of aromatic nitrogens is 2. The molecule has 0 fully saturated rings. The number of aromatic amines is 1. The second-order valence-corrected chi connectivity index (χ2v) is 6.78. The lowest BCUT2D eigenvalue weighted by Gasteiger charge is -2.19. The van der Waals surface area contributed by atoms with Crippen LogP contribution >= 0.6 is 0 Å². The van der Waals surface area contributed by atoms with Gasteiger partial charge >= 0.3 is 0 Å². The first-order valence-electron chi connectivity index (χ1n) is 9.27. The van der Waals surface area contributed by atoms with Crippen LogP contribution in [0.15, 0.2) is 66.7 Å². The molecular weight excluding hydrogens is 336 g/mol. The minimum Gasteiger partial charge on any atom is -0.346 e. The maximum absolute atomic E-state index is 12.4. The Hall–Kier alpha value is -2.92. The van der Waals surface area contributed by atoms with Crippen LogP contribution in [0, 0.1) is 0 Å². The number of rotatable bonds is 8. The summed E-state index contributed by atoms with van der Waals surface area (Å²) in [6.07, 6.45) is 2.05. The standard InChI is InChI=1S/C22H26N4O/c1-26(22(27)16-20(23)17-9-4-2-5-10-17)14-8-13-19-15-21(25-24-19)18-11-6-3-7-12-18/h2-7,9-12,15,20H,8,13-14,16,23H2,1H3,(H,24,25). The third-order valence-electron chi connectivity index (χ3n) is 4.69. The maximum atomic E-state index is 12.4. The van der Waals surface area contributed by atoms with Crippen LogP contribution in [0.25, 0.3) is 11.3 Å². The first-order chi connectivity index (χ1) is 13.1. The lowest BCUT2D eigenvalue weighted by atomic mass is 10.0. The van der Waals surface area contributed by atoms with Crippen molar-refractivity contribution in [2.24, 2.45) is 5.73 Å². The molecule has 1 heterocycles. The zero-order chi connectivity index (χ0) is 19.1. The molecule has 5 heteroatoms. The molecule has 5 nitrogen and oxygen atoms in total. The molecule has 3 aromatic rings. The highest BCUT2D eigenvalue weighted by Gasteiger charge is 2.15. The molecule has 3 rings (SSSR count). The maximum Gasteiger partial charge on any atom is 0.224 e. The van der Waals surface area contributed by atoms with Crippen molar-refractivity contribution in [3.05, 3.63) is 78.0 Å². The topological polar surface area (TPSA) is 75.0 Å². The molecule has 0 radical (unpaired) electrons. The summed E-state index contributed by atoms with van der Waals surface area (Å²) in [5.74, 6) is 0.0703. The van der Waals surface area contributed by atoms with Gasteiger partial charge in [0.05, 0.1) is 5.69 Å². The van der Waals surface area contributed by atoms with Gasteiger partial charge < -0.3 is 10.6 Å². The zero-order valence-corrected chi connectivity index (χ0v) is 15.6. The van der Waals surface area contributed by atoms with E-state index in [4.69, 9.17) is 5.73 Å². The van der Waals surface area contributed by atoms with Crippen LogP contribution in [0.5, 0.6) is 0 Å². The summed E-state index contributed by atoms with van der Waals surface area (Å²) in [6, 6.07) is 21.6. The van der Waals surface area contributed by atoms with Crippen molar-refractivity contribution in [1.29, 1.82) is 0 Å².